The summed E-state index contributed by atoms with van der Waals surface area (Å²) in [6.45, 7) is 1.81. The van der Waals surface area contributed by atoms with Gasteiger partial charge in [-0.2, -0.15) is 0 Å². The normalized spacial score (nSPS) is 13.8. The van der Waals surface area contributed by atoms with E-state index >= 15 is 0 Å². The molecule has 6 nitrogen and oxygen atoms in total. The van der Waals surface area contributed by atoms with Gasteiger partial charge >= 0.3 is 6.36 Å². The first-order valence-corrected chi connectivity index (χ1v) is 7.63. The van der Waals surface area contributed by atoms with Gasteiger partial charge in [-0.3, -0.25) is 4.79 Å². The van der Waals surface area contributed by atoms with E-state index in [1.165, 1.54) is 12.1 Å². The smallest absolute Gasteiger partial charge is 0.454 e. The standard InChI is InChI=1S/C17H15F3N2O4/c1-10(21-12-4-7-14-15(8-12)25-9-24-14)16(23)22-11-2-5-13(6-3-11)26-17(18,19)20/h2-8,10,21H,9H2,1H3,(H,22,23)/t10-/m1/s1. The minimum Gasteiger partial charge on any atom is -0.454 e. The summed E-state index contributed by atoms with van der Waals surface area (Å²) in [7, 11) is 0. The minimum absolute atomic E-state index is 0.156. The van der Waals surface area contributed by atoms with E-state index in [1.807, 2.05) is 0 Å². The zero-order valence-corrected chi connectivity index (χ0v) is 13.6. The second-order valence-corrected chi connectivity index (χ2v) is 5.50. The van der Waals surface area contributed by atoms with Crippen molar-refractivity contribution in [3.05, 3.63) is 42.5 Å². The maximum absolute atomic E-state index is 12.2. The minimum atomic E-state index is -4.76. The Morgan fingerprint density at radius 2 is 1.73 bits per heavy atom. The number of alkyl halides is 3. The van der Waals surface area contributed by atoms with E-state index in [4.69, 9.17) is 9.47 Å². The van der Waals surface area contributed by atoms with Crippen molar-refractivity contribution in [2.75, 3.05) is 17.4 Å². The van der Waals surface area contributed by atoms with Crippen LogP contribution in [0.5, 0.6) is 17.2 Å². The summed E-state index contributed by atoms with van der Waals surface area (Å²) in [5.74, 6) is 0.505. The zero-order chi connectivity index (χ0) is 18.7. The first-order chi connectivity index (χ1) is 12.3. The quantitative estimate of drug-likeness (QED) is 0.841. The fourth-order valence-corrected chi connectivity index (χ4v) is 2.29. The molecular formula is C17H15F3N2O4. The fraction of sp³-hybridized carbons (Fsp3) is 0.235. The highest BCUT2D eigenvalue weighted by atomic mass is 19.4. The van der Waals surface area contributed by atoms with E-state index in [0.717, 1.165) is 12.1 Å². The highest BCUT2D eigenvalue weighted by Crippen LogP contribution is 2.34. The summed E-state index contributed by atoms with van der Waals surface area (Å²) in [6.07, 6.45) is -4.76. The molecule has 1 atom stereocenters. The average Bonchev–Trinajstić information content (AvgIpc) is 3.03. The number of fused-ring (bicyclic) bond motifs is 1. The predicted molar refractivity (Wildman–Crippen MR) is 87.4 cm³/mol. The van der Waals surface area contributed by atoms with Crippen molar-refractivity contribution in [1.82, 2.24) is 0 Å². The van der Waals surface area contributed by atoms with Gasteiger partial charge < -0.3 is 24.8 Å². The highest BCUT2D eigenvalue weighted by molar-refractivity contribution is 5.96. The molecular weight excluding hydrogens is 353 g/mol. The topological polar surface area (TPSA) is 68.8 Å². The van der Waals surface area contributed by atoms with Crippen molar-refractivity contribution in [3.63, 3.8) is 0 Å². The lowest BCUT2D eigenvalue weighted by Gasteiger charge is -2.16. The number of ether oxygens (including phenoxy) is 3. The summed E-state index contributed by atoms with van der Waals surface area (Å²) in [4.78, 5) is 12.2. The largest absolute Gasteiger partial charge is 0.573 e. The molecule has 0 fully saturated rings. The van der Waals surface area contributed by atoms with Crippen molar-refractivity contribution >= 4 is 17.3 Å². The number of nitrogens with one attached hydrogen (secondary N) is 2. The Balaban J connectivity index is 1.57. The van der Waals surface area contributed by atoms with E-state index in [2.05, 4.69) is 15.4 Å². The van der Waals surface area contributed by atoms with E-state index < -0.39 is 12.4 Å². The molecule has 3 rings (SSSR count). The third-order valence-corrected chi connectivity index (χ3v) is 3.50. The number of benzene rings is 2. The summed E-state index contributed by atoms with van der Waals surface area (Å²) in [5, 5.41) is 5.62. The number of carbonyl (C=O) groups is 1. The van der Waals surface area contributed by atoms with Gasteiger partial charge in [0.15, 0.2) is 11.5 Å². The Kier molecular flexibility index (Phi) is 4.79. The molecule has 26 heavy (non-hydrogen) atoms. The number of amides is 1. The van der Waals surface area contributed by atoms with E-state index in [0.29, 0.717) is 22.9 Å². The van der Waals surface area contributed by atoms with Crippen LogP contribution in [0.2, 0.25) is 0 Å². The van der Waals surface area contributed by atoms with Crippen molar-refractivity contribution in [1.29, 1.82) is 0 Å². The van der Waals surface area contributed by atoms with Gasteiger partial charge in [-0.1, -0.05) is 0 Å². The van der Waals surface area contributed by atoms with Crippen LogP contribution in [0.1, 0.15) is 6.92 Å². The second-order valence-electron chi connectivity index (χ2n) is 5.50. The molecule has 0 unspecified atom stereocenters. The number of carbonyl (C=O) groups excluding carboxylic acids is 1. The van der Waals surface area contributed by atoms with E-state index in [9.17, 15) is 18.0 Å². The molecule has 0 saturated heterocycles. The van der Waals surface area contributed by atoms with Crippen molar-refractivity contribution in [3.8, 4) is 17.2 Å². The van der Waals surface area contributed by atoms with Gasteiger partial charge in [0.05, 0.1) is 0 Å². The number of halogens is 3. The highest BCUT2D eigenvalue weighted by Gasteiger charge is 2.31. The van der Waals surface area contributed by atoms with Gasteiger partial charge in [-0.05, 0) is 43.3 Å². The van der Waals surface area contributed by atoms with E-state index in [1.54, 1.807) is 25.1 Å². The van der Waals surface area contributed by atoms with Crippen LogP contribution < -0.4 is 24.8 Å². The predicted octanol–water partition coefficient (Wildman–Crippen LogP) is 3.75. The van der Waals surface area contributed by atoms with Gasteiger partial charge in [-0.15, -0.1) is 13.2 Å². The molecule has 0 spiro atoms. The molecule has 138 valence electrons. The van der Waals surface area contributed by atoms with Crippen LogP contribution in [0.15, 0.2) is 42.5 Å². The molecule has 0 saturated carbocycles. The van der Waals surface area contributed by atoms with Gasteiger partial charge in [-0.25, -0.2) is 0 Å². The van der Waals surface area contributed by atoms with Gasteiger partial charge in [0.1, 0.15) is 11.8 Å². The van der Waals surface area contributed by atoms with E-state index in [-0.39, 0.29) is 18.4 Å². The lowest BCUT2D eigenvalue weighted by molar-refractivity contribution is -0.274. The molecule has 1 heterocycles. The Morgan fingerprint density at radius 3 is 2.42 bits per heavy atom. The summed E-state index contributed by atoms with van der Waals surface area (Å²) in [6, 6.07) is 9.50. The fourth-order valence-electron chi connectivity index (χ4n) is 2.29. The molecule has 2 N–H and O–H groups in total. The van der Waals surface area contributed by atoms with Crippen LogP contribution in [-0.4, -0.2) is 25.1 Å². The first-order valence-electron chi connectivity index (χ1n) is 7.63. The van der Waals surface area contributed by atoms with Crippen LogP contribution in [-0.2, 0) is 4.79 Å². The molecule has 9 heteroatoms. The molecule has 0 radical (unpaired) electrons. The summed E-state index contributed by atoms with van der Waals surface area (Å²) >= 11 is 0. The number of rotatable bonds is 5. The van der Waals surface area contributed by atoms with Crippen LogP contribution in [0.3, 0.4) is 0 Å². The first kappa shape index (κ1) is 17.7. The average molecular weight is 368 g/mol. The maximum atomic E-state index is 12.2. The number of hydrogen-bond donors (Lipinski definition) is 2. The summed E-state index contributed by atoms with van der Waals surface area (Å²) < 4.78 is 50.7. The van der Waals surface area contributed by atoms with Crippen molar-refractivity contribution in [2.45, 2.75) is 19.3 Å². The lowest BCUT2D eigenvalue weighted by Crippen LogP contribution is -2.31. The van der Waals surface area contributed by atoms with Gasteiger partial charge in [0, 0.05) is 17.4 Å². The maximum Gasteiger partial charge on any atom is 0.573 e. The molecule has 2 aromatic carbocycles. The van der Waals surface area contributed by atoms with Crippen LogP contribution >= 0.6 is 0 Å². The van der Waals surface area contributed by atoms with Crippen LogP contribution in [0, 0.1) is 0 Å². The molecule has 2 aromatic rings. The molecule has 0 aromatic heterocycles. The zero-order valence-electron chi connectivity index (χ0n) is 13.6. The van der Waals surface area contributed by atoms with Crippen molar-refractivity contribution in [2.24, 2.45) is 0 Å². The number of hydrogen-bond acceptors (Lipinski definition) is 5. The Bertz CT molecular complexity index is 794. The summed E-state index contributed by atoms with van der Waals surface area (Å²) in [5.41, 5.74) is 1.02. The molecule has 0 bridgehead atoms. The van der Waals surface area contributed by atoms with Crippen molar-refractivity contribution < 1.29 is 32.2 Å². The van der Waals surface area contributed by atoms with Gasteiger partial charge in [0.25, 0.3) is 0 Å². The van der Waals surface area contributed by atoms with Crippen LogP contribution in [0.25, 0.3) is 0 Å². The SMILES string of the molecule is C[C@@H](Nc1ccc2c(c1)OCO2)C(=O)Nc1ccc(OC(F)(F)F)cc1. The number of anilines is 2. The molecule has 1 aliphatic heterocycles. The Labute approximate surface area is 146 Å². The Hall–Kier alpha value is -3.10. The third-order valence-electron chi connectivity index (χ3n) is 3.50. The third kappa shape index (κ3) is 4.50. The second kappa shape index (κ2) is 7.03. The van der Waals surface area contributed by atoms with Gasteiger partial charge in [0.2, 0.25) is 12.7 Å². The molecule has 1 amide bonds. The monoisotopic (exact) mass is 368 g/mol. The Morgan fingerprint density at radius 1 is 1.08 bits per heavy atom. The molecule has 1 aliphatic rings. The van der Waals surface area contributed by atoms with Crippen LogP contribution in [0.4, 0.5) is 24.5 Å². The lowest BCUT2D eigenvalue weighted by atomic mass is 10.2. The molecule has 0 aliphatic carbocycles.